The highest BCUT2D eigenvalue weighted by Crippen LogP contribution is 2.23. The smallest absolute Gasteiger partial charge is 0.267 e. The van der Waals surface area contributed by atoms with Gasteiger partial charge in [0, 0.05) is 24.8 Å². The molecule has 8 N–H and O–H groups in total. The quantitative estimate of drug-likeness (QED) is 0.404. The SMILES string of the molecule is CNC(=O)c1cc(Nc2nc(N[C@H]3CCCC[C@@H]3N)[nH]c(=O)c2C(N)=O)ccc1F. The third-order valence-corrected chi connectivity index (χ3v) is 5.01. The molecule has 1 aromatic carbocycles. The topological polar surface area (TPSA) is 168 Å². The predicted octanol–water partition coefficient (Wildman–Crippen LogP) is 0.793. The number of nitrogens with two attached hydrogens (primary N) is 2. The molecule has 0 spiro atoms. The average molecular weight is 417 g/mol. The third kappa shape index (κ3) is 4.57. The first-order chi connectivity index (χ1) is 14.3. The van der Waals surface area contributed by atoms with E-state index in [1.165, 1.54) is 19.2 Å². The second-order valence-electron chi connectivity index (χ2n) is 7.10. The van der Waals surface area contributed by atoms with Gasteiger partial charge >= 0.3 is 0 Å². The minimum absolute atomic E-state index is 0.0835. The fourth-order valence-corrected chi connectivity index (χ4v) is 3.42. The molecular formula is C19H24FN7O3. The summed E-state index contributed by atoms with van der Waals surface area (Å²) in [5.41, 5.74) is 10.4. The molecule has 1 aliphatic rings. The van der Waals surface area contributed by atoms with E-state index in [0.29, 0.717) is 0 Å². The summed E-state index contributed by atoms with van der Waals surface area (Å²) < 4.78 is 13.9. The highest BCUT2D eigenvalue weighted by molar-refractivity contribution is 5.98. The molecule has 11 heteroatoms. The Balaban J connectivity index is 1.96. The molecule has 1 saturated carbocycles. The van der Waals surface area contributed by atoms with Crippen LogP contribution in [0.3, 0.4) is 0 Å². The molecule has 0 aliphatic heterocycles. The van der Waals surface area contributed by atoms with Crippen LogP contribution in [0.2, 0.25) is 0 Å². The van der Waals surface area contributed by atoms with Crippen LogP contribution in [0.25, 0.3) is 0 Å². The highest BCUT2D eigenvalue weighted by Gasteiger charge is 2.24. The number of nitrogens with zero attached hydrogens (tertiary/aromatic N) is 1. The van der Waals surface area contributed by atoms with Crippen LogP contribution in [0, 0.1) is 5.82 Å². The zero-order chi connectivity index (χ0) is 21.8. The van der Waals surface area contributed by atoms with Gasteiger partial charge in [-0.1, -0.05) is 12.8 Å². The number of carbonyl (C=O) groups excluding carboxylic acids is 2. The number of hydrogen-bond donors (Lipinski definition) is 6. The first kappa shape index (κ1) is 21.2. The number of H-pyrrole nitrogens is 1. The molecule has 3 rings (SSSR count). The fraction of sp³-hybridized carbons (Fsp3) is 0.368. The lowest BCUT2D eigenvalue weighted by Crippen LogP contribution is -2.43. The van der Waals surface area contributed by atoms with Crippen molar-refractivity contribution in [3.63, 3.8) is 0 Å². The van der Waals surface area contributed by atoms with Gasteiger partial charge in [0.1, 0.15) is 11.4 Å². The molecule has 0 saturated heterocycles. The van der Waals surface area contributed by atoms with E-state index in [1.54, 1.807) is 0 Å². The highest BCUT2D eigenvalue weighted by atomic mass is 19.1. The molecule has 2 amide bonds. The molecule has 0 bridgehead atoms. The normalized spacial score (nSPS) is 18.5. The summed E-state index contributed by atoms with van der Waals surface area (Å²) in [6.07, 6.45) is 3.70. The lowest BCUT2D eigenvalue weighted by molar-refractivity contribution is 0.0957. The summed E-state index contributed by atoms with van der Waals surface area (Å²) in [5.74, 6) is -2.32. The number of carbonyl (C=O) groups is 2. The lowest BCUT2D eigenvalue weighted by atomic mass is 9.91. The Morgan fingerprint density at radius 1 is 1.27 bits per heavy atom. The molecule has 2 aromatic rings. The van der Waals surface area contributed by atoms with Gasteiger partial charge < -0.3 is 27.4 Å². The van der Waals surface area contributed by atoms with Crippen LogP contribution >= 0.6 is 0 Å². The number of rotatable bonds is 6. The summed E-state index contributed by atoms with van der Waals surface area (Å²) in [4.78, 5) is 42.9. The van der Waals surface area contributed by atoms with Crippen molar-refractivity contribution < 1.29 is 14.0 Å². The third-order valence-electron chi connectivity index (χ3n) is 5.01. The average Bonchev–Trinajstić information content (AvgIpc) is 2.70. The molecule has 2 atom stereocenters. The van der Waals surface area contributed by atoms with Crippen molar-refractivity contribution in [1.29, 1.82) is 0 Å². The van der Waals surface area contributed by atoms with Gasteiger partial charge in [0.05, 0.1) is 5.56 Å². The summed E-state index contributed by atoms with van der Waals surface area (Å²) in [6.45, 7) is 0. The molecule has 1 fully saturated rings. The van der Waals surface area contributed by atoms with Crippen molar-refractivity contribution in [3.8, 4) is 0 Å². The molecule has 160 valence electrons. The van der Waals surface area contributed by atoms with Gasteiger partial charge in [-0.2, -0.15) is 4.98 Å². The monoisotopic (exact) mass is 417 g/mol. The minimum atomic E-state index is -0.985. The Morgan fingerprint density at radius 3 is 2.67 bits per heavy atom. The molecular weight excluding hydrogens is 393 g/mol. The number of primary amides is 1. The maximum Gasteiger partial charge on any atom is 0.267 e. The van der Waals surface area contributed by atoms with Crippen molar-refractivity contribution in [1.82, 2.24) is 15.3 Å². The molecule has 10 nitrogen and oxygen atoms in total. The van der Waals surface area contributed by atoms with Gasteiger partial charge in [-0.05, 0) is 31.0 Å². The fourth-order valence-electron chi connectivity index (χ4n) is 3.42. The number of aromatic nitrogens is 2. The largest absolute Gasteiger partial charge is 0.365 e. The van der Waals surface area contributed by atoms with Crippen LogP contribution in [0.1, 0.15) is 46.4 Å². The number of anilines is 3. The van der Waals surface area contributed by atoms with Gasteiger partial charge in [0.15, 0.2) is 5.82 Å². The Hall–Kier alpha value is -3.47. The van der Waals surface area contributed by atoms with Crippen LogP contribution < -0.4 is 33.0 Å². The lowest BCUT2D eigenvalue weighted by Gasteiger charge is -2.29. The van der Waals surface area contributed by atoms with Gasteiger partial charge in [-0.3, -0.25) is 19.4 Å². The van der Waals surface area contributed by atoms with Crippen molar-refractivity contribution in [2.75, 3.05) is 17.7 Å². The number of hydrogen-bond acceptors (Lipinski definition) is 7. The van der Waals surface area contributed by atoms with E-state index in [1.807, 2.05) is 0 Å². The summed E-state index contributed by atoms with van der Waals surface area (Å²) in [6, 6.07) is 3.50. The van der Waals surface area contributed by atoms with Gasteiger partial charge in [0.25, 0.3) is 17.4 Å². The summed E-state index contributed by atoms with van der Waals surface area (Å²) in [7, 11) is 1.37. The van der Waals surface area contributed by atoms with Crippen molar-refractivity contribution in [2.45, 2.75) is 37.8 Å². The van der Waals surface area contributed by atoms with Crippen molar-refractivity contribution in [3.05, 3.63) is 45.5 Å². The number of halogens is 1. The zero-order valence-electron chi connectivity index (χ0n) is 16.4. The second kappa shape index (κ2) is 8.91. The summed E-state index contributed by atoms with van der Waals surface area (Å²) in [5, 5.41) is 8.22. The van der Waals surface area contributed by atoms with Crippen molar-refractivity contribution in [2.24, 2.45) is 11.5 Å². The maximum absolute atomic E-state index is 13.9. The molecule has 1 heterocycles. The Kier molecular flexibility index (Phi) is 6.31. The maximum atomic E-state index is 13.9. The molecule has 0 unspecified atom stereocenters. The van der Waals surface area contributed by atoms with Gasteiger partial charge in [0.2, 0.25) is 5.95 Å². The Morgan fingerprint density at radius 2 is 2.00 bits per heavy atom. The predicted molar refractivity (Wildman–Crippen MR) is 110 cm³/mol. The van der Waals surface area contributed by atoms with Crippen LogP contribution in [-0.2, 0) is 0 Å². The standard InChI is InChI=1S/C19H24FN7O3/c1-23-17(29)10-8-9(6-7-11(10)20)24-16-14(15(22)28)18(30)27-19(26-16)25-13-5-3-2-4-12(13)21/h6-8,12-13H,2-5,21H2,1H3,(H2,22,28)(H,23,29)(H3,24,25,26,27,30)/t12-,13-/m0/s1. The molecule has 1 aromatic heterocycles. The summed E-state index contributed by atoms with van der Waals surface area (Å²) >= 11 is 0. The van der Waals surface area contributed by atoms with Gasteiger partial charge in [-0.25, -0.2) is 4.39 Å². The second-order valence-corrected chi connectivity index (χ2v) is 7.10. The minimum Gasteiger partial charge on any atom is -0.365 e. The zero-order valence-corrected chi connectivity index (χ0v) is 16.4. The molecule has 30 heavy (non-hydrogen) atoms. The van der Waals surface area contributed by atoms with E-state index in [-0.39, 0.29) is 40.7 Å². The van der Waals surface area contributed by atoms with Crippen molar-refractivity contribution >= 4 is 29.3 Å². The van der Waals surface area contributed by atoms with Crippen LogP contribution in [0.5, 0.6) is 0 Å². The van der Waals surface area contributed by atoms with Crippen LogP contribution in [0.4, 0.5) is 21.8 Å². The Labute approximate surface area is 171 Å². The van der Waals surface area contributed by atoms with Crippen LogP contribution in [0.15, 0.2) is 23.0 Å². The number of benzene rings is 1. The first-order valence-electron chi connectivity index (χ1n) is 9.55. The van der Waals surface area contributed by atoms with E-state index in [2.05, 4.69) is 25.9 Å². The number of nitrogens with one attached hydrogen (secondary N) is 4. The molecule has 0 radical (unpaired) electrons. The molecule has 1 aliphatic carbocycles. The number of aromatic amines is 1. The van der Waals surface area contributed by atoms with E-state index in [9.17, 15) is 18.8 Å². The van der Waals surface area contributed by atoms with E-state index < -0.39 is 23.2 Å². The first-order valence-corrected chi connectivity index (χ1v) is 9.55. The Bertz CT molecular complexity index is 1020. The van der Waals surface area contributed by atoms with E-state index in [4.69, 9.17) is 11.5 Å². The van der Waals surface area contributed by atoms with E-state index >= 15 is 0 Å². The number of amides is 2. The van der Waals surface area contributed by atoms with Gasteiger partial charge in [-0.15, -0.1) is 0 Å². The van der Waals surface area contributed by atoms with Crippen LogP contribution in [-0.4, -0.2) is 40.9 Å². The van der Waals surface area contributed by atoms with E-state index in [0.717, 1.165) is 31.7 Å².